The Morgan fingerprint density at radius 3 is 2.20 bits per heavy atom. The molecule has 3 N–H and O–H groups in total. The molecular formula is C13H12F2N2O2S. The first-order chi connectivity index (χ1) is 9.28. The molecule has 0 radical (unpaired) electrons. The molecule has 2 aromatic carbocycles. The molecule has 0 atom stereocenters. The number of sulfonamides is 1. The predicted octanol–water partition coefficient (Wildman–Crippen LogP) is 2.66. The molecule has 0 spiro atoms. The summed E-state index contributed by atoms with van der Waals surface area (Å²) in [6.45, 7) is 1.58. The zero-order chi connectivity index (χ0) is 14.9. The number of nitrogen functional groups attached to an aromatic ring is 1. The fourth-order valence-electron chi connectivity index (χ4n) is 1.80. The molecule has 0 aliphatic carbocycles. The first kappa shape index (κ1) is 14.3. The maximum Gasteiger partial charge on any atom is 0.262 e. The molecule has 0 bridgehead atoms. The van der Waals surface area contributed by atoms with E-state index in [2.05, 4.69) is 4.72 Å². The molecular weight excluding hydrogens is 286 g/mol. The van der Waals surface area contributed by atoms with Gasteiger partial charge >= 0.3 is 0 Å². The topological polar surface area (TPSA) is 72.2 Å². The molecule has 2 aromatic rings. The second-order valence-electron chi connectivity index (χ2n) is 4.29. The van der Waals surface area contributed by atoms with Gasteiger partial charge in [-0.1, -0.05) is 0 Å². The summed E-state index contributed by atoms with van der Waals surface area (Å²) in [5.74, 6) is -1.73. The molecule has 20 heavy (non-hydrogen) atoms. The van der Waals surface area contributed by atoms with Crippen molar-refractivity contribution < 1.29 is 17.2 Å². The van der Waals surface area contributed by atoms with Crippen molar-refractivity contribution in [2.24, 2.45) is 0 Å². The molecule has 0 fully saturated rings. The Morgan fingerprint density at radius 2 is 1.65 bits per heavy atom. The number of benzene rings is 2. The average Bonchev–Trinajstić information content (AvgIpc) is 2.25. The zero-order valence-electron chi connectivity index (χ0n) is 10.5. The third kappa shape index (κ3) is 3.05. The summed E-state index contributed by atoms with van der Waals surface area (Å²) in [5.41, 5.74) is 6.24. The lowest BCUT2D eigenvalue weighted by Crippen LogP contribution is -2.14. The van der Waals surface area contributed by atoms with Crippen LogP contribution in [0.15, 0.2) is 41.3 Å². The van der Waals surface area contributed by atoms with Crippen LogP contribution in [0.1, 0.15) is 5.56 Å². The van der Waals surface area contributed by atoms with Crippen LogP contribution in [-0.2, 0) is 10.0 Å². The van der Waals surface area contributed by atoms with Gasteiger partial charge in [-0.3, -0.25) is 4.72 Å². The minimum atomic E-state index is -3.93. The molecule has 4 nitrogen and oxygen atoms in total. The van der Waals surface area contributed by atoms with Gasteiger partial charge < -0.3 is 5.73 Å². The Morgan fingerprint density at radius 1 is 1.05 bits per heavy atom. The lowest BCUT2D eigenvalue weighted by molar-refractivity contribution is 0.584. The van der Waals surface area contributed by atoms with Gasteiger partial charge in [0, 0.05) is 11.8 Å². The number of anilines is 2. The summed E-state index contributed by atoms with van der Waals surface area (Å²) < 4.78 is 52.5. The van der Waals surface area contributed by atoms with Gasteiger partial charge in [0.15, 0.2) is 0 Å². The predicted molar refractivity (Wildman–Crippen MR) is 72.8 cm³/mol. The third-order valence-electron chi connectivity index (χ3n) is 2.60. The number of rotatable bonds is 3. The molecule has 0 unspecified atom stereocenters. The van der Waals surface area contributed by atoms with Gasteiger partial charge in [0.1, 0.15) is 11.6 Å². The number of aryl methyl sites for hydroxylation is 1. The molecule has 106 valence electrons. The molecule has 0 amide bonds. The Kier molecular flexibility index (Phi) is 3.63. The molecule has 0 aliphatic rings. The average molecular weight is 298 g/mol. The maximum atomic E-state index is 13.0. The van der Waals surface area contributed by atoms with Crippen LogP contribution < -0.4 is 10.5 Å². The van der Waals surface area contributed by atoms with Crippen LogP contribution in [0.5, 0.6) is 0 Å². The van der Waals surface area contributed by atoms with E-state index in [-0.39, 0.29) is 10.6 Å². The lowest BCUT2D eigenvalue weighted by atomic mass is 10.2. The number of hydrogen-bond donors (Lipinski definition) is 2. The van der Waals surface area contributed by atoms with Gasteiger partial charge in [0.05, 0.1) is 10.6 Å². The van der Waals surface area contributed by atoms with Crippen LogP contribution in [0.4, 0.5) is 20.2 Å². The van der Waals surface area contributed by atoms with Gasteiger partial charge in [0.25, 0.3) is 10.0 Å². The SMILES string of the molecule is Cc1cc(N)ccc1S(=O)(=O)Nc1cc(F)cc(F)c1. The minimum Gasteiger partial charge on any atom is -0.399 e. The molecule has 0 saturated carbocycles. The highest BCUT2D eigenvalue weighted by Gasteiger charge is 2.17. The normalized spacial score (nSPS) is 11.3. The second-order valence-corrected chi connectivity index (χ2v) is 5.94. The van der Waals surface area contributed by atoms with Crippen molar-refractivity contribution in [3.63, 3.8) is 0 Å². The van der Waals surface area contributed by atoms with Crippen molar-refractivity contribution >= 4 is 21.4 Å². The van der Waals surface area contributed by atoms with Crippen LogP contribution >= 0.6 is 0 Å². The van der Waals surface area contributed by atoms with Crippen LogP contribution in [0, 0.1) is 18.6 Å². The van der Waals surface area contributed by atoms with Gasteiger partial charge in [0.2, 0.25) is 0 Å². The molecule has 0 saturated heterocycles. The fraction of sp³-hybridized carbons (Fsp3) is 0.0769. The smallest absolute Gasteiger partial charge is 0.262 e. The highest BCUT2D eigenvalue weighted by Crippen LogP contribution is 2.22. The molecule has 7 heteroatoms. The lowest BCUT2D eigenvalue weighted by Gasteiger charge is -2.11. The Hall–Kier alpha value is -2.15. The van der Waals surface area contributed by atoms with Crippen molar-refractivity contribution in [3.8, 4) is 0 Å². The molecule has 2 rings (SSSR count). The number of halogens is 2. The summed E-state index contributed by atoms with van der Waals surface area (Å²) >= 11 is 0. The Bertz CT molecular complexity index is 741. The first-order valence-corrected chi connectivity index (χ1v) is 7.11. The quantitative estimate of drug-likeness (QED) is 0.856. The zero-order valence-corrected chi connectivity index (χ0v) is 11.3. The van der Waals surface area contributed by atoms with Gasteiger partial charge in [-0.15, -0.1) is 0 Å². The molecule has 0 heterocycles. The van der Waals surface area contributed by atoms with E-state index >= 15 is 0 Å². The van der Waals surface area contributed by atoms with Crippen LogP contribution in [0.25, 0.3) is 0 Å². The van der Waals surface area contributed by atoms with E-state index in [9.17, 15) is 17.2 Å². The fourth-order valence-corrected chi connectivity index (χ4v) is 3.07. The Balaban J connectivity index is 2.40. The largest absolute Gasteiger partial charge is 0.399 e. The minimum absolute atomic E-state index is 0.00336. The molecule has 0 aliphatic heterocycles. The summed E-state index contributed by atoms with van der Waals surface area (Å²) in [5, 5.41) is 0. The van der Waals surface area contributed by atoms with Crippen molar-refractivity contribution in [1.29, 1.82) is 0 Å². The van der Waals surface area contributed by atoms with Crippen molar-refractivity contribution in [2.75, 3.05) is 10.5 Å². The number of nitrogens with two attached hydrogens (primary N) is 1. The summed E-state index contributed by atoms with van der Waals surface area (Å²) in [7, 11) is -3.93. The highest BCUT2D eigenvalue weighted by atomic mass is 32.2. The van der Waals surface area contributed by atoms with Crippen molar-refractivity contribution in [2.45, 2.75) is 11.8 Å². The summed E-state index contributed by atoms with van der Waals surface area (Å²) in [6.07, 6.45) is 0. The van der Waals surface area contributed by atoms with E-state index in [1.165, 1.54) is 18.2 Å². The van der Waals surface area contributed by atoms with Gasteiger partial charge in [-0.25, -0.2) is 17.2 Å². The van der Waals surface area contributed by atoms with E-state index in [0.717, 1.165) is 12.1 Å². The summed E-state index contributed by atoms with van der Waals surface area (Å²) in [6, 6.07) is 6.73. The third-order valence-corrected chi connectivity index (χ3v) is 4.14. The van der Waals surface area contributed by atoms with E-state index in [1.807, 2.05) is 0 Å². The van der Waals surface area contributed by atoms with Crippen LogP contribution in [-0.4, -0.2) is 8.42 Å². The first-order valence-electron chi connectivity index (χ1n) is 5.63. The van der Waals surface area contributed by atoms with Crippen LogP contribution in [0.3, 0.4) is 0 Å². The van der Waals surface area contributed by atoms with Crippen molar-refractivity contribution in [3.05, 3.63) is 53.6 Å². The number of hydrogen-bond acceptors (Lipinski definition) is 3. The van der Waals surface area contributed by atoms with Crippen molar-refractivity contribution in [1.82, 2.24) is 0 Å². The maximum absolute atomic E-state index is 13.0. The van der Waals surface area contributed by atoms with E-state index < -0.39 is 21.7 Å². The van der Waals surface area contributed by atoms with E-state index in [0.29, 0.717) is 17.3 Å². The second kappa shape index (κ2) is 5.09. The highest BCUT2D eigenvalue weighted by molar-refractivity contribution is 7.92. The van der Waals surface area contributed by atoms with Crippen LogP contribution in [0.2, 0.25) is 0 Å². The Labute approximate surface area is 115 Å². The monoisotopic (exact) mass is 298 g/mol. The number of nitrogens with one attached hydrogen (secondary N) is 1. The van der Waals surface area contributed by atoms with Gasteiger partial charge in [-0.2, -0.15) is 0 Å². The van der Waals surface area contributed by atoms with Gasteiger partial charge in [-0.05, 0) is 42.8 Å². The molecule has 0 aromatic heterocycles. The summed E-state index contributed by atoms with van der Waals surface area (Å²) in [4.78, 5) is -0.00336. The van der Waals surface area contributed by atoms with E-state index in [4.69, 9.17) is 5.73 Å². The van der Waals surface area contributed by atoms with E-state index in [1.54, 1.807) is 6.92 Å². The standard InChI is InChI=1S/C13H12F2N2O2S/c1-8-4-11(16)2-3-13(8)20(18,19)17-12-6-9(14)5-10(15)7-12/h2-7,17H,16H2,1H3.